The van der Waals surface area contributed by atoms with E-state index in [-0.39, 0.29) is 12.1 Å². The fourth-order valence-corrected chi connectivity index (χ4v) is 3.81. The molecule has 0 aliphatic carbocycles. The normalized spacial score (nSPS) is 14.6. The molecule has 2 heterocycles. The molecule has 0 spiro atoms. The van der Waals surface area contributed by atoms with Crippen LogP contribution in [0, 0.1) is 0 Å². The standard InChI is InChI=1S/C21H19ClF3N3/c22-16-7-5-14(6-8-16)20-17-9-11-26-12-10-19(17)28(27-20)13-15-3-1-2-4-18(15)21(23,24)25/h1-8,26H,9-13H2. The third-order valence-corrected chi connectivity index (χ3v) is 5.27. The van der Waals surface area contributed by atoms with Gasteiger partial charge in [-0.3, -0.25) is 4.68 Å². The number of halogens is 4. The van der Waals surface area contributed by atoms with Crippen molar-refractivity contribution in [2.45, 2.75) is 25.6 Å². The average molecular weight is 406 g/mol. The molecule has 146 valence electrons. The number of hydrogen-bond acceptors (Lipinski definition) is 2. The van der Waals surface area contributed by atoms with Crippen molar-refractivity contribution in [3.8, 4) is 11.3 Å². The summed E-state index contributed by atoms with van der Waals surface area (Å²) in [5.74, 6) is 0. The van der Waals surface area contributed by atoms with Gasteiger partial charge >= 0.3 is 6.18 Å². The van der Waals surface area contributed by atoms with Crippen molar-refractivity contribution in [1.29, 1.82) is 0 Å². The fourth-order valence-electron chi connectivity index (χ4n) is 3.69. The van der Waals surface area contributed by atoms with E-state index < -0.39 is 11.7 Å². The third kappa shape index (κ3) is 3.80. The molecule has 1 N–H and O–H groups in total. The van der Waals surface area contributed by atoms with Crippen LogP contribution in [0.15, 0.2) is 48.5 Å². The van der Waals surface area contributed by atoms with Crippen LogP contribution in [0.4, 0.5) is 13.2 Å². The van der Waals surface area contributed by atoms with Gasteiger partial charge in [0.15, 0.2) is 0 Å². The number of benzene rings is 2. The number of fused-ring (bicyclic) bond motifs is 1. The predicted octanol–water partition coefficient (Wildman–Crippen LogP) is 4.96. The Morgan fingerprint density at radius 2 is 1.71 bits per heavy atom. The van der Waals surface area contributed by atoms with Crippen LogP contribution in [0.1, 0.15) is 22.4 Å². The molecule has 0 unspecified atom stereocenters. The Kier molecular flexibility index (Phi) is 5.17. The van der Waals surface area contributed by atoms with Gasteiger partial charge in [0.25, 0.3) is 0 Å². The number of rotatable bonds is 3. The van der Waals surface area contributed by atoms with Crippen molar-refractivity contribution in [2.24, 2.45) is 0 Å². The van der Waals surface area contributed by atoms with E-state index in [0.717, 1.165) is 54.5 Å². The van der Waals surface area contributed by atoms with Crippen LogP contribution < -0.4 is 5.32 Å². The highest BCUT2D eigenvalue weighted by molar-refractivity contribution is 6.30. The molecule has 7 heteroatoms. The summed E-state index contributed by atoms with van der Waals surface area (Å²) in [5.41, 5.74) is 3.44. The second-order valence-electron chi connectivity index (χ2n) is 6.84. The van der Waals surface area contributed by atoms with Gasteiger partial charge in [0, 0.05) is 34.8 Å². The monoisotopic (exact) mass is 405 g/mol. The van der Waals surface area contributed by atoms with E-state index in [1.165, 1.54) is 12.1 Å². The van der Waals surface area contributed by atoms with E-state index in [1.807, 2.05) is 12.1 Å². The van der Waals surface area contributed by atoms with Crippen LogP contribution >= 0.6 is 11.6 Å². The molecule has 1 aliphatic rings. The number of aromatic nitrogens is 2. The molecular formula is C21H19ClF3N3. The Morgan fingerprint density at radius 3 is 2.46 bits per heavy atom. The van der Waals surface area contributed by atoms with Crippen LogP contribution in [-0.4, -0.2) is 22.9 Å². The summed E-state index contributed by atoms with van der Waals surface area (Å²) in [6.07, 6.45) is -2.88. The molecule has 2 aromatic carbocycles. The maximum absolute atomic E-state index is 13.4. The van der Waals surface area contributed by atoms with Crippen molar-refractivity contribution in [2.75, 3.05) is 13.1 Å². The van der Waals surface area contributed by atoms with Crippen molar-refractivity contribution < 1.29 is 13.2 Å². The molecule has 4 rings (SSSR count). The second-order valence-corrected chi connectivity index (χ2v) is 7.28. The smallest absolute Gasteiger partial charge is 0.316 e. The van der Waals surface area contributed by atoms with Gasteiger partial charge < -0.3 is 5.32 Å². The first-order valence-corrected chi connectivity index (χ1v) is 9.51. The molecule has 1 aliphatic heterocycles. The Morgan fingerprint density at radius 1 is 1.00 bits per heavy atom. The van der Waals surface area contributed by atoms with Crippen LogP contribution in [0.2, 0.25) is 5.02 Å². The summed E-state index contributed by atoms with van der Waals surface area (Å²) < 4.78 is 42.0. The lowest BCUT2D eigenvalue weighted by Gasteiger charge is -2.14. The zero-order valence-electron chi connectivity index (χ0n) is 15.1. The Balaban J connectivity index is 1.79. The lowest BCUT2D eigenvalue weighted by Crippen LogP contribution is -2.18. The molecule has 28 heavy (non-hydrogen) atoms. The molecule has 0 atom stereocenters. The maximum atomic E-state index is 13.4. The van der Waals surface area contributed by atoms with Gasteiger partial charge in [-0.25, -0.2) is 0 Å². The summed E-state index contributed by atoms with van der Waals surface area (Å²) in [5, 5.41) is 8.72. The lowest BCUT2D eigenvalue weighted by atomic mass is 10.0. The van der Waals surface area contributed by atoms with Gasteiger partial charge in [-0.15, -0.1) is 0 Å². The number of nitrogens with zero attached hydrogens (tertiary/aromatic N) is 2. The van der Waals surface area contributed by atoms with Crippen molar-refractivity contribution >= 4 is 11.6 Å². The highest BCUT2D eigenvalue weighted by Gasteiger charge is 2.33. The molecule has 1 aromatic heterocycles. The SMILES string of the molecule is FC(F)(F)c1ccccc1Cn1nc(-c2ccc(Cl)cc2)c2c1CCNCC2. The first-order chi connectivity index (χ1) is 13.4. The van der Waals surface area contributed by atoms with Crippen LogP contribution in [0.5, 0.6) is 0 Å². The molecule has 0 amide bonds. The van der Waals surface area contributed by atoms with Gasteiger partial charge in [-0.05, 0) is 36.7 Å². The highest BCUT2D eigenvalue weighted by Crippen LogP contribution is 2.33. The topological polar surface area (TPSA) is 29.9 Å². The Bertz CT molecular complexity index is 978. The zero-order valence-corrected chi connectivity index (χ0v) is 15.8. The summed E-state index contributed by atoms with van der Waals surface area (Å²) in [7, 11) is 0. The summed E-state index contributed by atoms with van der Waals surface area (Å²) in [4.78, 5) is 0. The van der Waals surface area contributed by atoms with Crippen LogP contribution in [0.3, 0.4) is 0 Å². The van der Waals surface area contributed by atoms with E-state index >= 15 is 0 Å². The molecule has 0 saturated carbocycles. The molecule has 0 bridgehead atoms. The second kappa shape index (κ2) is 7.60. The minimum Gasteiger partial charge on any atom is -0.316 e. The van der Waals surface area contributed by atoms with Gasteiger partial charge in [-0.1, -0.05) is 41.9 Å². The average Bonchev–Trinajstić information content (AvgIpc) is 2.84. The van der Waals surface area contributed by atoms with Crippen molar-refractivity contribution in [3.63, 3.8) is 0 Å². The van der Waals surface area contributed by atoms with Gasteiger partial charge in [0.2, 0.25) is 0 Å². The van der Waals surface area contributed by atoms with E-state index in [9.17, 15) is 13.2 Å². The molecule has 3 nitrogen and oxygen atoms in total. The quantitative estimate of drug-likeness (QED) is 0.667. The minimum atomic E-state index is -4.39. The van der Waals surface area contributed by atoms with Gasteiger partial charge in [0.05, 0.1) is 17.8 Å². The third-order valence-electron chi connectivity index (χ3n) is 5.02. The number of alkyl halides is 3. The fraction of sp³-hybridized carbons (Fsp3) is 0.286. The first kappa shape index (κ1) is 19.0. The number of hydrogen-bond donors (Lipinski definition) is 1. The minimum absolute atomic E-state index is 0.0889. The lowest BCUT2D eigenvalue weighted by molar-refractivity contribution is -0.138. The van der Waals surface area contributed by atoms with Gasteiger partial charge in [0.1, 0.15) is 0 Å². The van der Waals surface area contributed by atoms with Gasteiger partial charge in [-0.2, -0.15) is 18.3 Å². The van der Waals surface area contributed by atoms with Crippen LogP contribution in [-0.2, 0) is 25.6 Å². The molecule has 0 radical (unpaired) electrons. The molecular weight excluding hydrogens is 387 g/mol. The van der Waals surface area contributed by atoms with E-state index in [4.69, 9.17) is 16.7 Å². The summed E-state index contributed by atoms with van der Waals surface area (Å²) >= 11 is 6.00. The van der Waals surface area contributed by atoms with E-state index in [0.29, 0.717) is 5.02 Å². The summed E-state index contributed by atoms with van der Waals surface area (Å²) in [6, 6.07) is 13.1. The van der Waals surface area contributed by atoms with Crippen molar-refractivity contribution in [3.05, 3.63) is 75.9 Å². The van der Waals surface area contributed by atoms with E-state index in [2.05, 4.69) is 5.32 Å². The molecule has 3 aromatic rings. The Hall–Kier alpha value is -2.31. The Labute approximate surface area is 166 Å². The zero-order chi connectivity index (χ0) is 19.7. The van der Waals surface area contributed by atoms with Crippen molar-refractivity contribution in [1.82, 2.24) is 15.1 Å². The molecule has 0 fully saturated rings. The number of nitrogens with one attached hydrogen (secondary N) is 1. The largest absolute Gasteiger partial charge is 0.416 e. The first-order valence-electron chi connectivity index (χ1n) is 9.14. The highest BCUT2D eigenvalue weighted by atomic mass is 35.5. The van der Waals surface area contributed by atoms with E-state index in [1.54, 1.807) is 22.9 Å². The maximum Gasteiger partial charge on any atom is 0.416 e. The summed E-state index contributed by atoms with van der Waals surface area (Å²) in [6.45, 7) is 1.68. The predicted molar refractivity (Wildman–Crippen MR) is 103 cm³/mol. The molecule has 0 saturated heterocycles. The van der Waals surface area contributed by atoms with Crippen LogP contribution in [0.25, 0.3) is 11.3 Å².